The van der Waals surface area contributed by atoms with Gasteiger partial charge in [0.05, 0.1) is 16.5 Å². The minimum Gasteiger partial charge on any atom is -0.267 e. The van der Waals surface area contributed by atoms with Crippen LogP contribution < -0.4 is 11.0 Å². The van der Waals surface area contributed by atoms with Crippen LogP contribution >= 0.6 is 0 Å². The average molecular weight is 379 g/mol. The van der Waals surface area contributed by atoms with Crippen molar-refractivity contribution in [3.63, 3.8) is 0 Å². The molecular weight excluding hydrogens is 362 g/mol. The van der Waals surface area contributed by atoms with Gasteiger partial charge in [-0.1, -0.05) is 25.1 Å². The molecular formula is C19H17N5O4. The number of fused-ring (bicyclic) bond motifs is 1. The number of carbonyl (C=O) groups excluding carboxylic acids is 1. The lowest BCUT2D eigenvalue weighted by molar-refractivity contribution is -0.384. The summed E-state index contributed by atoms with van der Waals surface area (Å²) >= 11 is 0. The molecule has 142 valence electrons. The molecule has 1 N–H and O–H groups in total. The predicted octanol–water partition coefficient (Wildman–Crippen LogP) is 2.48. The Bertz CT molecular complexity index is 1120. The number of non-ortho nitro benzene ring substituents is 1. The second-order valence-corrected chi connectivity index (χ2v) is 5.97. The number of nitro benzene ring substituents is 1. The minimum absolute atomic E-state index is 0.0324. The van der Waals surface area contributed by atoms with Gasteiger partial charge in [-0.05, 0) is 30.2 Å². The molecule has 0 fully saturated rings. The monoisotopic (exact) mass is 379 g/mol. The maximum absolute atomic E-state index is 12.6. The molecule has 0 aliphatic carbocycles. The number of rotatable bonds is 6. The van der Waals surface area contributed by atoms with Crippen molar-refractivity contribution in [2.45, 2.75) is 19.9 Å². The Morgan fingerprint density at radius 1 is 1.21 bits per heavy atom. The van der Waals surface area contributed by atoms with E-state index in [9.17, 15) is 19.7 Å². The summed E-state index contributed by atoms with van der Waals surface area (Å²) < 4.78 is 1.28. The highest BCUT2D eigenvalue weighted by molar-refractivity contribution is 6.04. The van der Waals surface area contributed by atoms with E-state index in [2.05, 4.69) is 15.6 Å². The Kier molecular flexibility index (Phi) is 5.54. The van der Waals surface area contributed by atoms with Gasteiger partial charge < -0.3 is 0 Å². The van der Waals surface area contributed by atoms with Crippen LogP contribution in [0.25, 0.3) is 10.8 Å². The van der Waals surface area contributed by atoms with Crippen LogP contribution in [0.5, 0.6) is 0 Å². The van der Waals surface area contributed by atoms with Gasteiger partial charge in [0.1, 0.15) is 0 Å². The molecule has 0 saturated carbocycles. The highest BCUT2D eigenvalue weighted by Gasteiger charge is 2.16. The van der Waals surface area contributed by atoms with Crippen molar-refractivity contribution in [3.8, 4) is 0 Å². The van der Waals surface area contributed by atoms with E-state index in [-0.39, 0.29) is 16.9 Å². The molecule has 0 atom stereocenters. The van der Waals surface area contributed by atoms with Gasteiger partial charge >= 0.3 is 0 Å². The third-order valence-electron chi connectivity index (χ3n) is 4.00. The Hall–Kier alpha value is -3.88. The molecule has 0 spiro atoms. The Labute approximate surface area is 159 Å². The van der Waals surface area contributed by atoms with Crippen LogP contribution in [-0.4, -0.2) is 26.8 Å². The molecule has 0 radical (unpaired) electrons. The van der Waals surface area contributed by atoms with Crippen LogP contribution in [0.15, 0.2) is 58.4 Å². The summed E-state index contributed by atoms with van der Waals surface area (Å²) in [5, 5.41) is 19.6. The molecule has 28 heavy (non-hydrogen) atoms. The van der Waals surface area contributed by atoms with Crippen molar-refractivity contribution < 1.29 is 9.72 Å². The molecule has 1 aromatic heterocycles. The lowest BCUT2D eigenvalue weighted by atomic mass is 10.1. The molecule has 9 heteroatoms. The molecule has 2 aromatic carbocycles. The number of nitrogens with zero attached hydrogens (tertiary/aromatic N) is 4. The Balaban J connectivity index is 1.86. The molecule has 0 saturated heterocycles. The van der Waals surface area contributed by atoms with Crippen LogP contribution in [0.3, 0.4) is 0 Å². The fourth-order valence-corrected chi connectivity index (χ4v) is 2.67. The first kappa shape index (κ1) is 18.9. The van der Waals surface area contributed by atoms with Gasteiger partial charge in [-0.2, -0.15) is 10.2 Å². The largest absolute Gasteiger partial charge is 0.292 e. The molecule has 0 unspecified atom stereocenters. The zero-order valence-corrected chi connectivity index (χ0v) is 15.0. The van der Waals surface area contributed by atoms with Gasteiger partial charge in [-0.15, -0.1) is 0 Å². The molecule has 3 rings (SSSR count). The molecule has 0 bridgehead atoms. The van der Waals surface area contributed by atoms with E-state index in [0.29, 0.717) is 29.3 Å². The van der Waals surface area contributed by atoms with E-state index < -0.39 is 10.8 Å². The second kappa shape index (κ2) is 8.21. The lowest BCUT2D eigenvalue weighted by Gasteiger charge is -2.09. The summed E-state index contributed by atoms with van der Waals surface area (Å²) in [4.78, 5) is 35.2. The SMILES string of the molecule is CCCn1nc(C(=O)N/N=C\c2ccc([N+](=O)[O-])cc2)c2ccccc2c1=O. The fourth-order valence-electron chi connectivity index (χ4n) is 2.67. The lowest BCUT2D eigenvalue weighted by Crippen LogP contribution is -2.29. The quantitative estimate of drug-likeness (QED) is 0.401. The summed E-state index contributed by atoms with van der Waals surface area (Å²) in [7, 11) is 0. The first-order valence-electron chi connectivity index (χ1n) is 8.59. The van der Waals surface area contributed by atoms with Gasteiger partial charge in [-0.3, -0.25) is 19.7 Å². The maximum Gasteiger partial charge on any atom is 0.292 e. The molecule has 1 amide bonds. The highest BCUT2D eigenvalue weighted by Crippen LogP contribution is 2.13. The Morgan fingerprint density at radius 2 is 1.89 bits per heavy atom. The van der Waals surface area contributed by atoms with Crippen molar-refractivity contribution >= 4 is 28.6 Å². The summed E-state index contributed by atoms with van der Waals surface area (Å²) in [6.45, 7) is 2.31. The number of benzene rings is 2. The van der Waals surface area contributed by atoms with E-state index in [1.54, 1.807) is 24.3 Å². The van der Waals surface area contributed by atoms with Gasteiger partial charge in [0, 0.05) is 24.1 Å². The topological polar surface area (TPSA) is 119 Å². The number of hydrazone groups is 1. The number of hydrogen-bond acceptors (Lipinski definition) is 6. The van der Waals surface area contributed by atoms with Crippen molar-refractivity contribution in [1.82, 2.24) is 15.2 Å². The summed E-state index contributed by atoms with van der Waals surface area (Å²) in [5.41, 5.74) is 2.79. The Morgan fingerprint density at radius 3 is 2.54 bits per heavy atom. The minimum atomic E-state index is -0.556. The number of nitro groups is 1. The van der Waals surface area contributed by atoms with Gasteiger partial charge in [-0.25, -0.2) is 10.1 Å². The van der Waals surface area contributed by atoms with Crippen LogP contribution in [0.4, 0.5) is 5.69 Å². The van der Waals surface area contributed by atoms with Crippen molar-refractivity contribution in [3.05, 3.63) is 80.3 Å². The zero-order valence-electron chi connectivity index (χ0n) is 15.0. The summed E-state index contributed by atoms with van der Waals surface area (Å²) in [6, 6.07) is 12.5. The van der Waals surface area contributed by atoms with Gasteiger partial charge in [0.2, 0.25) is 0 Å². The maximum atomic E-state index is 12.6. The zero-order chi connectivity index (χ0) is 20.1. The number of aryl methyl sites for hydroxylation is 1. The summed E-state index contributed by atoms with van der Waals surface area (Å²) in [6.07, 6.45) is 2.07. The number of amides is 1. The number of hydrogen-bond donors (Lipinski definition) is 1. The fraction of sp³-hybridized carbons (Fsp3) is 0.158. The second-order valence-electron chi connectivity index (χ2n) is 5.97. The average Bonchev–Trinajstić information content (AvgIpc) is 2.70. The van der Waals surface area contributed by atoms with E-state index in [0.717, 1.165) is 0 Å². The normalized spacial score (nSPS) is 11.0. The molecule has 1 heterocycles. The number of carbonyl (C=O) groups is 1. The smallest absolute Gasteiger partial charge is 0.267 e. The van der Waals surface area contributed by atoms with Crippen LogP contribution in [0.2, 0.25) is 0 Å². The molecule has 3 aromatic rings. The van der Waals surface area contributed by atoms with Crippen LogP contribution in [0.1, 0.15) is 29.4 Å². The van der Waals surface area contributed by atoms with Crippen molar-refractivity contribution in [2.75, 3.05) is 0 Å². The van der Waals surface area contributed by atoms with E-state index in [4.69, 9.17) is 0 Å². The summed E-state index contributed by atoms with van der Waals surface area (Å²) in [5.74, 6) is -0.556. The third-order valence-corrected chi connectivity index (χ3v) is 4.00. The van der Waals surface area contributed by atoms with Crippen molar-refractivity contribution in [1.29, 1.82) is 0 Å². The third kappa shape index (κ3) is 3.93. The molecule has 0 aliphatic heterocycles. The molecule has 0 aliphatic rings. The van der Waals surface area contributed by atoms with Gasteiger partial charge in [0.15, 0.2) is 5.69 Å². The number of nitrogens with one attached hydrogen (secondary N) is 1. The molecule has 9 nitrogen and oxygen atoms in total. The van der Waals surface area contributed by atoms with Crippen LogP contribution in [0, 0.1) is 10.1 Å². The van der Waals surface area contributed by atoms with Gasteiger partial charge in [0.25, 0.3) is 17.2 Å². The van der Waals surface area contributed by atoms with E-state index in [1.165, 1.54) is 35.2 Å². The highest BCUT2D eigenvalue weighted by atomic mass is 16.6. The van der Waals surface area contributed by atoms with E-state index >= 15 is 0 Å². The standard InChI is InChI=1S/C19H17N5O4/c1-2-11-23-19(26)16-6-4-3-5-15(16)17(22-23)18(25)21-20-12-13-7-9-14(10-8-13)24(27)28/h3-10,12H,2,11H2,1H3,(H,21,25)/b20-12-. The predicted molar refractivity (Wildman–Crippen MR) is 104 cm³/mol. The first-order chi connectivity index (χ1) is 13.5. The van der Waals surface area contributed by atoms with Crippen molar-refractivity contribution in [2.24, 2.45) is 5.10 Å². The van der Waals surface area contributed by atoms with E-state index in [1.807, 2.05) is 6.92 Å². The number of aromatic nitrogens is 2. The first-order valence-corrected chi connectivity index (χ1v) is 8.59. The van der Waals surface area contributed by atoms with Crippen LogP contribution in [-0.2, 0) is 6.54 Å².